The first-order valence-corrected chi connectivity index (χ1v) is 7.63. The number of hydrogen-bond acceptors (Lipinski definition) is 2. The highest BCUT2D eigenvalue weighted by atomic mass is 79.9. The van der Waals surface area contributed by atoms with Crippen molar-refractivity contribution >= 4 is 31.9 Å². The molecule has 0 saturated carbocycles. The van der Waals surface area contributed by atoms with Gasteiger partial charge in [0.05, 0.1) is 11.6 Å². The van der Waals surface area contributed by atoms with Crippen LogP contribution in [0.4, 0.5) is 4.39 Å². The van der Waals surface area contributed by atoms with E-state index in [1.54, 1.807) is 19.2 Å². The Kier molecular flexibility index (Phi) is 5.18. The minimum absolute atomic E-state index is 0.292. The molecule has 2 N–H and O–H groups in total. The van der Waals surface area contributed by atoms with Crippen molar-refractivity contribution in [1.29, 1.82) is 0 Å². The molecule has 1 atom stereocenters. The highest BCUT2D eigenvalue weighted by Crippen LogP contribution is 2.30. The van der Waals surface area contributed by atoms with Crippen LogP contribution in [0.5, 0.6) is 5.75 Å². The van der Waals surface area contributed by atoms with E-state index in [-0.39, 0.29) is 5.82 Å². The van der Waals surface area contributed by atoms with Gasteiger partial charge in [-0.2, -0.15) is 0 Å². The number of benzene rings is 2. The summed E-state index contributed by atoms with van der Waals surface area (Å²) in [5.74, 6) is 0.467. The predicted octanol–water partition coefficient (Wildman–Crippen LogP) is 4.60. The van der Waals surface area contributed by atoms with Crippen molar-refractivity contribution in [1.82, 2.24) is 0 Å². The third-order valence-electron chi connectivity index (χ3n) is 3.04. The van der Waals surface area contributed by atoms with E-state index in [2.05, 4.69) is 31.9 Å². The van der Waals surface area contributed by atoms with Gasteiger partial charge in [-0.05, 0) is 52.2 Å². The first-order chi connectivity index (χ1) is 9.52. The zero-order chi connectivity index (χ0) is 14.7. The first-order valence-electron chi connectivity index (χ1n) is 6.05. The van der Waals surface area contributed by atoms with Gasteiger partial charge in [-0.25, -0.2) is 4.39 Å². The molecule has 0 aromatic heterocycles. The molecule has 0 amide bonds. The van der Waals surface area contributed by atoms with Crippen molar-refractivity contribution in [3.63, 3.8) is 0 Å². The third-order valence-corrected chi connectivity index (χ3v) is 4.35. The van der Waals surface area contributed by atoms with Gasteiger partial charge in [0.25, 0.3) is 0 Å². The van der Waals surface area contributed by atoms with Crippen molar-refractivity contribution in [3.8, 4) is 5.75 Å². The topological polar surface area (TPSA) is 35.2 Å². The summed E-state index contributed by atoms with van der Waals surface area (Å²) in [6, 6.07) is 10.2. The van der Waals surface area contributed by atoms with Gasteiger partial charge < -0.3 is 10.5 Å². The molecular weight excluding hydrogens is 389 g/mol. The molecule has 2 rings (SSSR count). The van der Waals surface area contributed by atoms with E-state index in [0.717, 1.165) is 15.8 Å². The van der Waals surface area contributed by atoms with E-state index in [4.69, 9.17) is 10.5 Å². The molecule has 20 heavy (non-hydrogen) atoms. The fourth-order valence-corrected chi connectivity index (χ4v) is 3.28. The maximum Gasteiger partial charge on any atom is 0.133 e. The first kappa shape index (κ1) is 15.5. The van der Waals surface area contributed by atoms with Crippen LogP contribution in [0.1, 0.15) is 17.2 Å². The van der Waals surface area contributed by atoms with Crippen LogP contribution in [-0.4, -0.2) is 7.11 Å². The fourth-order valence-electron chi connectivity index (χ4n) is 2.06. The Hall–Kier alpha value is -0.910. The highest BCUT2D eigenvalue weighted by molar-refractivity contribution is 9.10. The molecule has 2 aromatic rings. The number of nitrogens with two attached hydrogens (primary N) is 1. The largest absolute Gasteiger partial charge is 0.496 e. The van der Waals surface area contributed by atoms with E-state index < -0.39 is 6.04 Å². The summed E-state index contributed by atoms with van der Waals surface area (Å²) < 4.78 is 20.6. The van der Waals surface area contributed by atoms with Gasteiger partial charge in [-0.1, -0.05) is 28.1 Å². The van der Waals surface area contributed by atoms with Gasteiger partial charge in [-0.15, -0.1) is 0 Å². The van der Waals surface area contributed by atoms with Gasteiger partial charge in [-0.3, -0.25) is 0 Å². The van der Waals surface area contributed by atoms with E-state index in [9.17, 15) is 4.39 Å². The van der Waals surface area contributed by atoms with Crippen LogP contribution < -0.4 is 10.5 Å². The van der Waals surface area contributed by atoms with Crippen LogP contribution in [0.2, 0.25) is 0 Å². The molecule has 0 aliphatic heterocycles. The lowest BCUT2D eigenvalue weighted by Crippen LogP contribution is -2.15. The van der Waals surface area contributed by atoms with Crippen molar-refractivity contribution < 1.29 is 9.13 Å². The Morgan fingerprint density at radius 3 is 2.55 bits per heavy atom. The Morgan fingerprint density at radius 1 is 1.20 bits per heavy atom. The third kappa shape index (κ3) is 3.40. The maximum absolute atomic E-state index is 13.9. The Bertz CT molecular complexity index is 599. The van der Waals surface area contributed by atoms with Crippen molar-refractivity contribution in [3.05, 3.63) is 62.3 Å². The minimum atomic E-state index is -0.411. The Labute approximate surface area is 134 Å². The molecule has 106 valence electrons. The molecule has 0 spiro atoms. The highest BCUT2D eigenvalue weighted by Gasteiger charge is 2.16. The second-order valence-corrected chi connectivity index (χ2v) is 6.12. The molecular formula is C15H14Br2FNO. The number of ether oxygens (including phenoxy) is 1. The van der Waals surface area contributed by atoms with Crippen molar-refractivity contribution in [2.75, 3.05) is 7.11 Å². The molecule has 0 bridgehead atoms. The zero-order valence-corrected chi connectivity index (χ0v) is 14.0. The quantitative estimate of drug-likeness (QED) is 0.810. The molecule has 0 heterocycles. The van der Waals surface area contributed by atoms with Gasteiger partial charge in [0.15, 0.2) is 0 Å². The molecule has 0 fully saturated rings. The van der Waals surface area contributed by atoms with Crippen LogP contribution in [0.25, 0.3) is 0 Å². The van der Waals surface area contributed by atoms with E-state index in [1.165, 1.54) is 6.07 Å². The van der Waals surface area contributed by atoms with Crippen LogP contribution in [0, 0.1) is 5.82 Å². The van der Waals surface area contributed by atoms with E-state index >= 15 is 0 Å². The SMILES string of the molecule is COc1ccc(CC(N)c2c(F)cccc2Br)cc1Br. The lowest BCUT2D eigenvalue weighted by molar-refractivity contribution is 0.412. The number of halogens is 3. The maximum atomic E-state index is 13.9. The molecule has 2 aromatic carbocycles. The minimum Gasteiger partial charge on any atom is -0.496 e. The van der Waals surface area contributed by atoms with Gasteiger partial charge >= 0.3 is 0 Å². The number of methoxy groups -OCH3 is 1. The van der Waals surface area contributed by atoms with Crippen LogP contribution in [0.15, 0.2) is 45.3 Å². The summed E-state index contributed by atoms with van der Waals surface area (Å²) in [5, 5.41) is 0. The van der Waals surface area contributed by atoms with Gasteiger partial charge in [0, 0.05) is 16.1 Å². The molecule has 0 aliphatic rings. The predicted molar refractivity (Wildman–Crippen MR) is 85.4 cm³/mol. The van der Waals surface area contributed by atoms with Crippen LogP contribution >= 0.6 is 31.9 Å². The van der Waals surface area contributed by atoms with Gasteiger partial charge in [0.1, 0.15) is 11.6 Å². The second-order valence-electron chi connectivity index (χ2n) is 4.41. The standard InChI is InChI=1S/C15H14Br2FNO/c1-20-14-6-5-9(7-11(14)17)8-13(19)15-10(16)3-2-4-12(15)18/h2-7,13H,8,19H2,1H3. The van der Waals surface area contributed by atoms with Crippen LogP contribution in [-0.2, 0) is 6.42 Å². The molecule has 5 heteroatoms. The lowest BCUT2D eigenvalue weighted by atomic mass is 9.99. The molecule has 0 aliphatic carbocycles. The van der Waals surface area contributed by atoms with Crippen molar-refractivity contribution in [2.24, 2.45) is 5.73 Å². The van der Waals surface area contributed by atoms with E-state index in [0.29, 0.717) is 16.5 Å². The summed E-state index contributed by atoms with van der Waals surface area (Å²) in [4.78, 5) is 0. The summed E-state index contributed by atoms with van der Waals surface area (Å²) in [6.07, 6.45) is 0.544. The molecule has 1 unspecified atom stereocenters. The van der Waals surface area contributed by atoms with Gasteiger partial charge in [0.2, 0.25) is 0 Å². The summed E-state index contributed by atoms with van der Waals surface area (Å²) in [5.41, 5.74) is 7.65. The summed E-state index contributed by atoms with van der Waals surface area (Å²) in [6.45, 7) is 0. The summed E-state index contributed by atoms with van der Waals surface area (Å²) >= 11 is 6.78. The number of rotatable bonds is 4. The smallest absolute Gasteiger partial charge is 0.133 e. The lowest BCUT2D eigenvalue weighted by Gasteiger charge is -2.15. The molecule has 2 nitrogen and oxygen atoms in total. The average molecular weight is 403 g/mol. The van der Waals surface area contributed by atoms with Crippen LogP contribution in [0.3, 0.4) is 0 Å². The average Bonchev–Trinajstić information content (AvgIpc) is 2.38. The zero-order valence-electron chi connectivity index (χ0n) is 10.9. The second kappa shape index (κ2) is 6.70. The Morgan fingerprint density at radius 2 is 1.95 bits per heavy atom. The monoisotopic (exact) mass is 401 g/mol. The Balaban J connectivity index is 2.23. The summed E-state index contributed by atoms with van der Waals surface area (Å²) in [7, 11) is 1.61. The molecule has 0 saturated heterocycles. The number of hydrogen-bond donors (Lipinski definition) is 1. The van der Waals surface area contributed by atoms with Crippen molar-refractivity contribution in [2.45, 2.75) is 12.5 Å². The molecule has 0 radical (unpaired) electrons. The fraction of sp³-hybridized carbons (Fsp3) is 0.200. The normalized spacial score (nSPS) is 12.2. The van der Waals surface area contributed by atoms with E-state index in [1.807, 2.05) is 18.2 Å².